The van der Waals surface area contributed by atoms with Crippen molar-refractivity contribution < 1.29 is 9.13 Å². The fraction of sp³-hybridized carbons (Fsp3) is 0.600. The number of hydrogen-bond donors (Lipinski definition) is 0. The van der Waals surface area contributed by atoms with E-state index in [-0.39, 0.29) is 5.82 Å². The molecule has 1 nitrogen and oxygen atoms in total. The Morgan fingerprint density at radius 1 is 1.06 bits per heavy atom. The predicted octanol–water partition coefficient (Wildman–Crippen LogP) is 4.74. The SMILES string of the molecule is CCCCCc1ccc(OCCCC)c(F)c1. The van der Waals surface area contributed by atoms with Crippen LogP contribution in [0.25, 0.3) is 0 Å². The number of halogens is 1. The van der Waals surface area contributed by atoms with Crippen molar-refractivity contribution in [3.05, 3.63) is 29.6 Å². The molecule has 0 N–H and O–H groups in total. The predicted molar refractivity (Wildman–Crippen MR) is 70.0 cm³/mol. The molecule has 96 valence electrons. The van der Waals surface area contributed by atoms with Gasteiger partial charge in [0.2, 0.25) is 0 Å². The molecule has 0 aliphatic carbocycles. The topological polar surface area (TPSA) is 9.23 Å². The van der Waals surface area contributed by atoms with Gasteiger partial charge in [-0.1, -0.05) is 39.2 Å². The molecule has 1 rings (SSSR count). The van der Waals surface area contributed by atoms with Gasteiger partial charge in [-0.25, -0.2) is 4.39 Å². The molecular weight excluding hydrogens is 215 g/mol. The van der Waals surface area contributed by atoms with Gasteiger partial charge in [-0.3, -0.25) is 0 Å². The van der Waals surface area contributed by atoms with Crippen LogP contribution in [-0.2, 0) is 6.42 Å². The Hall–Kier alpha value is -1.05. The minimum atomic E-state index is -0.227. The molecule has 0 saturated heterocycles. The summed E-state index contributed by atoms with van der Waals surface area (Å²) in [4.78, 5) is 0. The maximum Gasteiger partial charge on any atom is 0.165 e. The van der Waals surface area contributed by atoms with Crippen molar-refractivity contribution >= 4 is 0 Å². The molecule has 0 amide bonds. The standard InChI is InChI=1S/C15H23FO/c1-3-5-7-8-13-9-10-15(14(16)12-13)17-11-6-4-2/h9-10,12H,3-8,11H2,1-2H3. The minimum Gasteiger partial charge on any atom is -0.491 e. The zero-order chi connectivity index (χ0) is 12.5. The number of benzene rings is 1. The van der Waals surface area contributed by atoms with Gasteiger partial charge in [0.05, 0.1) is 6.61 Å². The second-order valence-electron chi connectivity index (χ2n) is 4.42. The fourth-order valence-corrected chi connectivity index (χ4v) is 1.72. The fourth-order valence-electron chi connectivity index (χ4n) is 1.72. The Morgan fingerprint density at radius 3 is 2.47 bits per heavy atom. The Kier molecular flexibility index (Phi) is 6.68. The number of rotatable bonds is 8. The van der Waals surface area contributed by atoms with E-state index in [1.807, 2.05) is 6.07 Å². The average Bonchev–Trinajstić information content (AvgIpc) is 2.32. The van der Waals surface area contributed by atoms with Crippen molar-refractivity contribution in [3.8, 4) is 5.75 Å². The van der Waals surface area contributed by atoms with Gasteiger partial charge in [-0.05, 0) is 37.0 Å². The van der Waals surface area contributed by atoms with E-state index < -0.39 is 0 Å². The molecule has 0 aliphatic rings. The lowest BCUT2D eigenvalue weighted by molar-refractivity contribution is 0.294. The zero-order valence-electron chi connectivity index (χ0n) is 11.0. The molecule has 0 unspecified atom stereocenters. The van der Waals surface area contributed by atoms with Crippen molar-refractivity contribution in [1.82, 2.24) is 0 Å². The van der Waals surface area contributed by atoms with Crippen molar-refractivity contribution in [2.24, 2.45) is 0 Å². The van der Waals surface area contributed by atoms with Gasteiger partial charge < -0.3 is 4.74 Å². The van der Waals surface area contributed by atoms with Crippen LogP contribution < -0.4 is 4.74 Å². The normalized spacial score (nSPS) is 10.5. The van der Waals surface area contributed by atoms with E-state index in [9.17, 15) is 4.39 Å². The van der Waals surface area contributed by atoms with Gasteiger partial charge in [-0.2, -0.15) is 0 Å². The Balaban J connectivity index is 2.47. The third-order valence-electron chi connectivity index (χ3n) is 2.82. The molecule has 1 aromatic rings. The summed E-state index contributed by atoms with van der Waals surface area (Å²) in [5.41, 5.74) is 1.07. The van der Waals surface area contributed by atoms with E-state index in [2.05, 4.69) is 13.8 Å². The third-order valence-corrected chi connectivity index (χ3v) is 2.82. The smallest absolute Gasteiger partial charge is 0.165 e. The first-order valence-corrected chi connectivity index (χ1v) is 6.69. The third kappa shape index (κ3) is 5.20. The van der Waals surface area contributed by atoms with E-state index in [1.165, 1.54) is 12.8 Å². The van der Waals surface area contributed by atoms with Gasteiger partial charge in [0.15, 0.2) is 11.6 Å². The van der Waals surface area contributed by atoms with Crippen LogP contribution in [0.1, 0.15) is 51.5 Å². The molecule has 0 fully saturated rings. The quantitative estimate of drug-likeness (QED) is 0.594. The van der Waals surface area contributed by atoms with Crippen molar-refractivity contribution in [2.75, 3.05) is 6.61 Å². The minimum absolute atomic E-state index is 0.227. The molecule has 0 bridgehead atoms. The van der Waals surface area contributed by atoms with Crippen LogP contribution in [0.2, 0.25) is 0 Å². The largest absolute Gasteiger partial charge is 0.491 e. The molecule has 1 aromatic carbocycles. The second-order valence-corrected chi connectivity index (χ2v) is 4.42. The Morgan fingerprint density at radius 2 is 1.82 bits per heavy atom. The lowest BCUT2D eigenvalue weighted by Crippen LogP contribution is -1.99. The molecule has 0 aliphatic heterocycles. The van der Waals surface area contributed by atoms with E-state index in [0.29, 0.717) is 12.4 Å². The highest BCUT2D eigenvalue weighted by Crippen LogP contribution is 2.19. The van der Waals surface area contributed by atoms with Crippen LogP contribution in [0.3, 0.4) is 0 Å². The van der Waals surface area contributed by atoms with Gasteiger partial charge in [0, 0.05) is 0 Å². The summed E-state index contributed by atoms with van der Waals surface area (Å²) in [7, 11) is 0. The Bertz CT molecular complexity index is 323. The second kappa shape index (κ2) is 8.10. The lowest BCUT2D eigenvalue weighted by Gasteiger charge is -2.08. The maximum absolute atomic E-state index is 13.7. The number of ether oxygens (including phenoxy) is 1. The van der Waals surface area contributed by atoms with Crippen molar-refractivity contribution in [3.63, 3.8) is 0 Å². The van der Waals surface area contributed by atoms with Gasteiger partial charge in [-0.15, -0.1) is 0 Å². The molecule has 17 heavy (non-hydrogen) atoms. The molecule has 0 heterocycles. The van der Waals surface area contributed by atoms with Gasteiger partial charge >= 0.3 is 0 Å². The van der Waals surface area contributed by atoms with E-state index in [1.54, 1.807) is 12.1 Å². The molecule has 0 spiro atoms. The van der Waals surface area contributed by atoms with Crippen LogP contribution in [0.15, 0.2) is 18.2 Å². The number of aryl methyl sites for hydroxylation is 1. The van der Waals surface area contributed by atoms with E-state index in [4.69, 9.17) is 4.74 Å². The Labute approximate surface area is 104 Å². The summed E-state index contributed by atoms with van der Waals surface area (Å²) in [5, 5.41) is 0. The number of unbranched alkanes of at least 4 members (excludes halogenated alkanes) is 3. The summed E-state index contributed by atoms with van der Waals surface area (Å²) >= 11 is 0. The summed E-state index contributed by atoms with van der Waals surface area (Å²) in [6.45, 7) is 4.87. The highest BCUT2D eigenvalue weighted by Gasteiger charge is 2.04. The zero-order valence-corrected chi connectivity index (χ0v) is 11.0. The van der Waals surface area contributed by atoms with Crippen molar-refractivity contribution in [1.29, 1.82) is 0 Å². The monoisotopic (exact) mass is 238 g/mol. The molecular formula is C15H23FO. The molecule has 0 radical (unpaired) electrons. The summed E-state index contributed by atoms with van der Waals surface area (Å²) in [6.07, 6.45) is 6.53. The summed E-state index contributed by atoms with van der Waals surface area (Å²) in [6, 6.07) is 5.34. The van der Waals surface area contributed by atoms with Gasteiger partial charge in [0.25, 0.3) is 0 Å². The molecule has 0 saturated carbocycles. The van der Waals surface area contributed by atoms with Crippen molar-refractivity contribution in [2.45, 2.75) is 52.4 Å². The first-order chi connectivity index (χ1) is 8.27. The molecule has 0 aromatic heterocycles. The maximum atomic E-state index is 13.7. The van der Waals surface area contributed by atoms with E-state index >= 15 is 0 Å². The van der Waals surface area contributed by atoms with Crippen LogP contribution in [0, 0.1) is 5.82 Å². The lowest BCUT2D eigenvalue weighted by atomic mass is 10.1. The van der Waals surface area contributed by atoms with Crippen LogP contribution in [0.4, 0.5) is 4.39 Å². The number of hydrogen-bond acceptors (Lipinski definition) is 1. The summed E-state index contributed by atoms with van der Waals surface area (Å²) < 4.78 is 19.0. The molecule has 2 heteroatoms. The average molecular weight is 238 g/mol. The highest BCUT2D eigenvalue weighted by molar-refractivity contribution is 5.29. The van der Waals surface area contributed by atoms with Crippen LogP contribution >= 0.6 is 0 Å². The first kappa shape index (κ1) is 14.0. The highest BCUT2D eigenvalue weighted by atomic mass is 19.1. The van der Waals surface area contributed by atoms with Crippen LogP contribution in [0.5, 0.6) is 5.75 Å². The first-order valence-electron chi connectivity index (χ1n) is 6.69. The van der Waals surface area contributed by atoms with E-state index in [0.717, 1.165) is 31.2 Å². The van der Waals surface area contributed by atoms with Gasteiger partial charge in [0.1, 0.15) is 0 Å². The van der Waals surface area contributed by atoms with Crippen LogP contribution in [-0.4, -0.2) is 6.61 Å². The summed E-state index contributed by atoms with van der Waals surface area (Å²) in [5.74, 6) is 0.160. The molecule has 0 atom stereocenters.